The number of hydrogen-bond acceptors (Lipinski definition) is 4. The van der Waals surface area contributed by atoms with Crippen molar-refractivity contribution in [3.05, 3.63) is 23.3 Å². The smallest absolute Gasteiger partial charge is 0.213 e. The average Bonchev–Trinajstić information content (AvgIpc) is 2.59. The van der Waals surface area contributed by atoms with Crippen molar-refractivity contribution < 1.29 is 19.7 Å². The second kappa shape index (κ2) is 6.93. The van der Waals surface area contributed by atoms with Crippen molar-refractivity contribution in [1.82, 2.24) is 4.90 Å². The molecule has 3 aliphatic rings. The first-order valence-corrected chi connectivity index (χ1v) is 10.5. The topological polar surface area (TPSA) is 52.9 Å². The quantitative estimate of drug-likeness (QED) is 0.778. The molecule has 1 heterocycles. The molecule has 5 heteroatoms. The molecule has 4 rings (SSSR count). The average molecular weight is 378 g/mol. The second-order valence-electron chi connectivity index (χ2n) is 9.12. The van der Waals surface area contributed by atoms with Crippen LogP contribution in [0.2, 0.25) is 0 Å². The molecule has 1 saturated carbocycles. The number of fused-ring (bicyclic) bond motifs is 4. The molecule has 2 aliphatic carbocycles. The molecular formula is C22H32FNO3. The maximum absolute atomic E-state index is 13.0. The third kappa shape index (κ3) is 2.77. The predicted molar refractivity (Wildman–Crippen MR) is 103 cm³/mol. The van der Waals surface area contributed by atoms with Crippen molar-refractivity contribution in [3.8, 4) is 11.5 Å². The molecule has 4 nitrogen and oxygen atoms in total. The van der Waals surface area contributed by atoms with Gasteiger partial charge in [0, 0.05) is 28.1 Å². The third-order valence-corrected chi connectivity index (χ3v) is 7.76. The summed E-state index contributed by atoms with van der Waals surface area (Å²) in [6.45, 7) is 6.04. The molecule has 2 fully saturated rings. The second-order valence-corrected chi connectivity index (χ2v) is 9.12. The number of halogens is 1. The number of nitrogens with zero attached hydrogens (tertiary/aromatic N) is 1. The highest BCUT2D eigenvalue weighted by molar-refractivity contribution is 5.57. The van der Waals surface area contributed by atoms with E-state index >= 15 is 0 Å². The molecule has 1 saturated heterocycles. The Labute approximate surface area is 161 Å². The van der Waals surface area contributed by atoms with Gasteiger partial charge in [-0.2, -0.15) is 0 Å². The molecule has 0 amide bonds. The van der Waals surface area contributed by atoms with Gasteiger partial charge in [-0.1, -0.05) is 32.3 Å². The first kappa shape index (κ1) is 19.0. The summed E-state index contributed by atoms with van der Waals surface area (Å²) in [5.41, 5.74) is 0.217. The number of unbranched alkanes of at least 4 members (excludes halogenated alkanes) is 1. The number of likely N-dealkylation sites (tertiary alicyclic amines) is 1. The fraction of sp³-hybridized carbons (Fsp3) is 0.727. The molecule has 1 aliphatic heterocycles. The third-order valence-electron chi connectivity index (χ3n) is 7.76. The Balaban J connectivity index is 1.79. The van der Waals surface area contributed by atoms with Crippen molar-refractivity contribution in [2.45, 2.75) is 82.3 Å². The molecule has 27 heavy (non-hydrogen) atoms. The summed E-state index contributed by atoms with van der Waals surface area (Å²) >= 11 is 0. The van der Waals surface area contributed by atoms with Gasteiger partial charge in [0.05, 0.1) is 5.60 Å². The number of rotatable bonds is 6. The van der Waals surface area contributed by atoms with Crippen LogP contribution in [0.25, 0.3) is 0 Å². The van der Waals surface area contributed by atoms with Crippen molar-refractivity contribution in [1.29, 1.82) is 0 Å². The van der Waals surface area contributed by atoms with Crippen LogP contribution >= 0.6 is 0 Å². The lowest BCUT2D eigenvalue weighted by molar-refractivity contribution is -0.142. The van der Waals surface area contributed by atoms with E-state index in [0.717, 1.165) is 55.8 Å². The van der Waals surface area contributed by atoms with Crippen LogP contribution in [0.3, 0.4) is 0 Å². The van der Waals surface area contributed by atoms with E-state index in [4.69, 9.17) is 0 Å². The minimum Gasteiger partial charge on any atom is -0.504 e. The number of hydrogen-bond donors (Lipinski definition) is 2. The number of benzene rings is 1. The first-order valence-electron chi connectivity index (χ1n) is 10.5. The van der Waals surface area contributed by atoms with Gasteiger partial charge in [-0.05, 0) is 63.1 Å². The largest absolute Gasteiger partial charge is 0.504 e. The van der Waals surface area contributed by atoms with Crippen LogP contribution < -0.4 is 4.94 Å². The van der Waals surface area contributed by atoms with Gasteiger partial charge in [-0.3, -0.25) is 9.84 Å². The van der Waals surface area contributed by atoms with Gasteiger partial charge in [-0.15, -0.1) is 0 Å². The summed E-state index contributed by atoms with van der Waals surface area (Å²) in [5, 5.41) is 22.7. The maximum Gasteiger partial charge on any atom is 0.213 e. The zero-order chi connectivity index (χ0) is 19.2. The fourth-order valence-corrected chi connectivity index (χ4v) is 5.92. The predicted octanol–water partition coefficient (Wildman–Crippen LogP) is 4.27. The Kier molecular flexibility index (Phi) is 4.88. The lowest BCUT2D eigenvalue weighted by Gasteiger charge is -2.61. The Morgan fingerprint density at radius 1 is 1.33 bits per heavy atom. The van der Waals surface area contributed by atoms with Crippen LogP contribution in [0.1, 0.15) is 69.9 Å². The summed E-state index contributed by atoms with van der Waals surface area (Å²) in [6, 6.07) is 3.42. The molecular weight excluding hydrogens is 345 g/mol. The van der Waals surface area contributed by atoms with E-state index in [0.29, 0.717) is 6.42 Å². The molecule has 0 aromatic heterocycles. The Bertz CT molecular complexity index is 703. The van der Waals surface area contributed by atoms with E-state index in [1.807, 2.05) is 13.0 Å². The number of aliphatic hydroxyl groups is 1. The highest BCUT2D eigenvalue weighted by atomic mass is 19.3. The molecule has 150 valence electrons. The fourth-order valence-electron chi connectivity index (χ4n) is 5.92. The van der Waals surface area contributed by atoms with E-state index in [2.05, 4.69) is 16.8 Å². The van der Waals surface area contributed by atoms with E-state index in [-0.39, 0.29) is 17.5 Å². The van der Waals surface area contributed by atoms with Gasteiger partial charge in [-0.25, -0.2) is 0 Å². The minimum atomic E-state index is -0.969. The highest BCUT2D eigenvalue weighted by Crippen LogP contribution is 2.58. The zero-order valence-corrected chi connectivity index (χ0v) is 16.5. The monoisotopic (exact) mass is 377 g/mol. The van der Waals surface area contributed by atoms with Gasteiger partial charge in [0.15, 0.2) is 5.75 Å². The van der Waals surface area contributed by atoms with Crippen LogP contribution in [0.4, 0.5) is 4.53 Å². The van der Waals surface area contributed by atoms with Crippen molar-refractivity contribution >= 4 is 0 Å². The number of phenolic OH excluding ortho intramolecular Hbond substituents is 1. The standard InChI is InChI=1S/C22H32FNO3/c1-3-4-10-22-11-12-24(14-15-6-5-7-15)18(21(22,2)26)13-16-8-9-17(27-23)20(25)19(16)22/h8-9,15,18,25-26H,3-7,10-14H2,1-2H3/t18?,21?,22-/m0/s1. The maximum atomic E-state index is 13.0. The molecule has 2 bridgehead atoms. The molecule has 1 aromatic rings. The Hall–Kier alpha value is -1.33. The normalized spacial score (nSPS) is 33.4. The van der Waals surface area contributed by atoms with Gasteiger partial charge in [0.2, 0.25) is 5.75 Å². The van der Waals surface area contributed by atoms with Gasteiger partial charge in [0.1, 0.15) is 0 Å². The number of phenols is 1. The Morgan fingerprint density at radius 2 is 2.11 bits per heavy atom. The minimum absolute atomic E-state index is 0.0350. The van der Waals surface area contributed by atoms with E-state index in [1.54, 1.807) is 0 Å². The first-order chi connectivity index (χ1) is 12.9. The molecule has 2 N–H and O–H groups in total. The lowest BCUT2D eigenvalue weighted by atomic mass is 9.53. The molecule has 0 radical (unpaired) electrons. The van der Waals surface area contributed by atoms with Crippen LogP contribution in [0, 0.1) is 5.92 Å². The SMILES string of the molecule is CCCC[C@]12CCN(CC3CCC3)C(Cc3ccc(OF)c(O)c31)C2(C)O. The summed E-state index contributed by atoms with van der Waals surface area (Å²) in [4.78, 5) is 6.40. The van der Waals surface area contributed by atoms with Gasteiger partial charge < -0.3 is 10.2 Å². The molecule has 1 aromatic carbocycles. The highest BCUT2D eigenvalue weighted by Gasteiger charge is 2.61. The molecule has 0 spiro atoms. The van der Waals surface area contributed by atoms with Crippen molar-refractivity contribution in [2.24, 2.45) is 5.92 Å². The Morgan fingerprint density at radius 3 is 2.74 bits per heavy atom. The zero-order valence-electron chi connectivity index (χ0n) is 16.5. The van der Waals surface area contributed by atoms with E-state index in [1.165, 1.54) is 25.3 Å². The van der Waals surface area contributed by atoms with Gasteiger partial charge in [0.25, 0.3) is 0 Å². The number of aromatic hydroxyl groups is 1. The summed E-state index contributed by atoms with van der Waals surface area (Å²) in [7, 11) is 0. The van der Waals surface area contributed by atoms with Crippen molar-refractivity contribution in [3.63, 3.8) is 0 Å². The van der Waals surface area contributed by atoms with Crippen LogP contribution in [-0.4, -0.2) is 39.8 Å². The van der Waals surface area contributed by atoms with E-state index in [9.17, 15) is 14.7 Å². The molecule has 3 atom stereocenters. The van der Waals surface area contributed by atoms with Crippen molar-refractivity contribution in [2.75, 3.05) is 13.1 Å². The van der Waals surface area contributed by atoms with Crippen LogP contribution in [0.5, 0.6) is 11.5 Å². The van der Waals surface area contributed by atoms with Crippen LogP contribution in [0.15, 0.2) is 12.1 Å². The summed E-state index contributed by atoms with van der Waals surface area (Å²) in [5.74, 6) is 0.481. The number of piperidine rings is 1. The molecule has 2 unspecified atom stereocenters. The summed E-state index contributed by atoms with van der Waals surface area (Å²) < 4.78 is 13.0. The van der Waals surface area contributed by atoms with Gasteiger partial charge >= 0.3 is 0 Å². The summed E-state index contributed by atoms with van der Waals surface area (Å²) in [6.07, 6.45) is 8.14. The lowest BCUT2D eigenvalue weighted by Crippen LogP contribution is -2.70. The van der Waals surface area contributed by atoms with E-state index < -0.39 is 11.0 Å². The van der Waals surface area contributed by atoms with Crippen LogP contribution in [-0.2, 0) is 11.8 Å².